The van der Waals surface area contributed by atoms with Crippen LogP contribution in [0.5, 0.6) is 0 Å². The molecule has 0 bridgehead atoms. The quantitative estimate of drug-likeness (QED) is 0.743. The minimum atomic E-state index is -0.251. The zero-order chi connectivity index (χ0) is 11.1. The van der Waals surface area contributed by atoms with Gasteiger partial charge in [0.1, 0.15) is 5.82 Å². The number of carbonyl (C=O) groups excluding carboxylic acids is 1. The number of nitrogens with zero attached hydrogens (tertiary/aromatic N) is 1. The largest absolute Gasteiger partial charge is 0.342 e. The predicted molar refractivity (Wildman–Crippen MR) is 58.3 cm³/mol. The number of fused-ring (bicyclic) bond motifs is 1. The maximum Gasteiger partial charge on any atom is 0.227 e. The zero-order valence-corrected chi connectivity index (χ0v) is 9.03. The molecule has 1 amide bonds. The summed E-state index contributed by atoms with van der Waals surface area (Å²) in [6.45, 7) is 1.87. The van der Waals surface area contributed by atoms with Crippen LogP contribution in [0, 0.1) is 17.7 Å². The molecule has 1 saturated carbocycles. The van der Waals surface area contributed by atoms with E-state index in [9.17, 15) is 9.18 Å². The van der Waals surface area contributed by atoms with Gasteiger partial charge in [0, 0.05) is 13.1 Å². The number of rotatable bonds is 2. The first-order chi connectivity index (χ1) is 7.72. The van der Waals surface area contributed by atoms with E-state index in [2.05, 4.69) is 0 Å². The number of likely N-dealkylation sites (tertiary alicyclic amines) is 1. The van der Waals surface area contributed by atoms with E-state index in [1.165, 1.54) is 18.6 Å². The van der Waals surface area contributed by atoms with Gasteiger partial charge in [-0.3, -0.25) is 4.79 Å². The summed E-state index contributed by atoms with van der Waals surface area (Å²) in [6.07, 6.45) is 1.71. The first-order valence-corrected chi connectivity index (χ1v) is 5.74. The summed E-state index contributed by atoms with van der Waals surface area (Å²) in [4.78, 5) is 13.8. The highest BCUT2D eigenvalue weighted by atomic mass is 19.1. The molecule has 0 spiro atoms. The van der Waals surface area contributed by atoms with E-state index in [1.807, 2.05) is 4.90 Å². The van der Waals surface area contributed by atoms with Crippen LogP contribution < -0.4 is 0 Å². The van der Waals surface area contributed by atoms with Gasteiger partial charge in [-0.1, -0.05) is 12.1 Å². The minimum absolute atomic E-state index is 0.179. The molecule has 2 nitrogen and oxygen atoms in total. The Labute approximate surface area is 94.1 Å². The summed E-state index contributed by atoms with van der Waals surface area (Å²) < 4.78 is 12.7. The Morgan fingerprint density at radius 1 is 1.25 bits per heavy atom. The number of piperidine rings is 1. The number of hydrogen-bond donors (Lipinski definition) is 0. The van der Waals surface area contributed by atoms with Gasteiger partial charge >= 0.3 is 0 Å². The van der Waals surface area contributed by atoms with Crippen molar-refractivity contribution in [3.63, 3.8) is 0 Å². The lowest BCUT2D eigenvalue weighted by Gasteiger charge is -2.17. The number of hydrogen-bond acceptors (Lipinski definition) is 1. The molecule has 2 aliphatic rings. The average Bonchev–Trinajstić information content (AvgIpc) is 2.89. The molecule has 1 heterocycles. The SMILES string of the molecule is O=C(Cc1ccc(F)cc1)N1CC2CC2C1. The van der Waals surface area contributed by atoms with Gasteiger partial charge in [0.25, 0.3) is 0 Å². The predicted octanol–water partition coefficient (Wildman–Crippen LogP) is 1.85. The molecule has 1 saturated heterocycles. The van der Waals surface area contributed by atoms with Crippen molar-refractivity contribution >= 4 is 5.91 Å². The first-order valence-electron chi connectivity index (χ1n) is 5.74. The summed E-state index contributed by atoms with van der Waals surface area (Å²) >= 11 is 0. The molecule has 16 heavy (non-hydrogen) atoms. The van der Waals surface area contributed by atoms with Crippen molar-refractivity contribution in [2.45, 2.75) is 12.8 Å². The van der Waals surface area contributed by atoms with E-state index in [0.29, 0.717) is 6.42 Å². The molecular weight excluding hydrogens is 205 g/mol. The maximum absolute atomic E-state index is 12.7. The molecule has 0 N–H and O–H groups in total. The third kappa shape index (κ3) is 1.82. The van der Waals surface area contributed by atoms with E-state index in [0.717, 1.165) is 30.5 Å². The van der Waals surface area contributed by atoms with Gasteiger partial charge < -0.3 is 4.90 Å². The number of carbonyl (C=O) groups is 1. The smallest absolute Gasteiger partial charge is 0.227 e. The standard InChI is InChI=1S/C13H14FNO/c14-12-3-1-9(2-4-12)5-13(16)15-7-10-6-11(10)8-15/h1-4,10-11H,5-8H2. The Balaban J connectivity index is 1.61. The van der Waals surface area contributed by atoms with Crippen LogP contribution in [0.3, 0.4) is 0 Å². The Hall–Kier alpha value is -1.38. The van der Waals surface area contributed by atoms with Crippen molar-refractivity contribution < 1.29 is 9.18 Å². The van der Waals surface area contributed by atoms with E-state index < -0.39 is 0 Å². The van der Waals surface area contributed by atoms with Crippen molar-refractivity contribution in [2.24, 2.45) is 11.8 Å². The second-order valence-electron chi connectivity index (χ2n) is 4.86. The molecule has 1 aromatic carbocycles. The summed E-state index contributed by atoms with van der Waals surface area (Å²) in [5.74, 6) is 1.48. The molecular formula is C13H14FNO. The van der Waals surface area contributed by atoms with E-state index in [1.54, 1.807) is 12.1 Å². The van der Waals surface area contributed by atoms with Crippen molar-refractivity contribution in [1.82, 2.24) is 4.90 Å². The molecule has 2 atom stereocenters. The van der Waals surface area contributed by atoms with Gasteiger partial charge in [0.15, 0.2) is 0 Å². The summed E-state index contributed by atoms with van der Waals surface area (Å²) in [5.41, 5.74) is 0.895. The highest BCUT2D eigenvalue weighted by Gasteiger charge is 2.46. The Morgan fingerprint density at radius 3 is 2.50 bits per heavy atom. The van der Waals surface area contributed by atoms with Crippen LogP contribution >= 0.6 is 0 Å². The zero-order valence-electron chi connectivity index (χ0n) is 9.03. The summed E-state index contributed by atoms with van der Waals surface area (Å²) in [5, 5.41) is 0. The lowest BCUT2D eigenvalue weighted by molar-refractivity contribution is -0.129. The fraction of sp³-hybridized carbons (Fsp3) is 0.462. The van der Waals surface area contributed by atoms with Gasteiger partial charge in [-0.15, -0.1) is 0 Å². The normalized spacial score (nSPS) is 26.7. The molecule has 1 aliphatic heterocycles. The molecule has 2 unspecified atom stereocenters. The Bertz CT molecular complexity index is 404. The van der Waals surface area contributed by atoms with Gasteiger partial charge in [0.2, 0.25) is 5.91 Å². The molecule has 0 aromatic heterocycles. The third-order valence-electron chi connectivity index (χ3n) is 3.60. The fourth-order valence-corrected chi connectivity index (χ4v) is 2.49. The van der Waals surface area contributed by atoms with Gasteiger partial charge in [-0.05, 0) is 36.0 Å². The number of amides is 1. The lowest BCUT2D eigenvalue weighted by atomic mass is 10.1. The lowest BCUT2D eigenvalue weighted by Crippen LogP contribution is -2.31. The maximum atomic E-state index is 12.7. The first kappa shape index (κ1) is 9.82. The van der Waals surface area contributed by atoms with Crippen LogP contribution in [-0.2, 0) is 11.2 Å². The van der Waals surface area contributed by atoms with Gasteiger partial charge in [-0.25, -0.2) is 4.39 Å². The van der Waals surface area contributed by atoms with E-state index in [4.69, 9.17) is 0 Å². The van der Waals surface area contributed by atoms with Crippen LogP contribution in [-0.4, -0.2) is 23.9 Å². The molecule has 1 aromatic rings. The van der Waals surface area contributed by atoms with Crippen molar-refractivity contribution in [2.75, 3.05) is 13.1 Å². The van der Waals surface area contributed by atoms with Crippen LogP contribution in [0.15, 0.2) is 24.3 Å². The molecule has 3 heteroatoms. The average molecular weight is 219 g/mol. The van der Waals surface area contributed by atoms with Crippen LogP contribution in [0.1, 0.15) is 12.0 Å². The minimum Gasteiger partial charge on any atom is -0.342 e. The summed E-state index contributed by atoms with van der Waals surface area (Å²) in [7, 11) is 0. The monoisotopic (exact) mass is 219 g/mol. The second kappa shape index (κ2) is 3.58. The molecule has 0 radical (unpaired) electrons. The van der Waals surface area contributed by atoms with Crippen molar-refractivity contribution in [1.29, 1.82) is 0 Å². The van der Waals surface area contributed by atoms with Crippen LogP contribution in [0.4, 0.5) is 4.39 Å². The Morgan fingerprint density at radius 2 is 1.88 bits per heavy atom. The molecule has 3 rings (SSSR count). The van der Waals surface area contributed by atoms with E-state index in [-0.39, 0.29) is 11.7 Å². The highest BCUT2D eigenvalue weighted by Crippen LogP contribution is 2.44. The van der Waals surface area contributed by atoms with E-state index >= 15 is 0 Å². The Kier molecular flexibility index (Phi) is 2.20. The molecule has 1 aliphatic carbocycles. The molecule has 84 valence electrons. The van der Waals surface area contributed by atoms with Crippen LogP contribution in [0.25, 0.3) is 0 Å². The molecule has 2 fully saturated rings. The fourth-order valence-electron chi connectivity index (χ4n) is 2.49. The van der Waals surface area contributed by atoms with Gasteiger partial charge in [0.05, 0.1) is 6.42 Å². The summed E-state index contributed by atoms with van der Waals surface area (Å²) in [6, 6.07) is 6.18. The van der Waals surface area contributed by atoms with Crippen molar-refractivity contribution in [3.05, 3.63) is 35.6 Å². The number of halogens is 1. The van der Waals surface area contributed by atoms with Crippen LogP contribution in [0.2, 0.25) is 0 Å². The van der Waals surface area contributed by atoms with Crippen molar-refractivity contribution in [3.8, 4) is 0 Å². The second-order valence-corrected chi connectivity index (χ2v) is 4.86. The highest BCUT2D eigenvalue weighted by molar-refractivity contribution is 5.79. The number of benzene rings is 1. The van der Waals surface area contributed by atoms with Gasteiger partial charge in [-0.2, -0.15) is 0 Å². The topological polar surface area (TPSA) is 20.3 Å². The third-order valence-corrected chi connectivity index (χ3v) is 3.60.